The summed E-state index contributed by atoms with van der Waals surface area (Å²) < 4.78 is 31.8. The molecule has 3 rings (SSSR count). The number of hydrogen-bond acceptors (Lipinski definition) is 2. The fourth-order valence-corrected chi connectivity index (χ4v) is 3.36. The highest BCUT2D eigenvalue weighted by atomic mass is 19.3. The van der Waals surface area contributed by atoms with E-state index in [0.29, 0.717) is 0 Å². The molecule has 0 aliphatic heterocycles. The van der Waals surface area contributed by atoms with E-state index < -0.39 is 18.1 Å². The van der Waals surface area contributed by atoms with Gasteiger partial charge in [0.1, 0.15) is 12.1 Å². The Bertz CT molecular complexity index is 776. The molecule has 0 radical (unpaired) electrons. The van der Waals surface area contributed by atoms with Crippen molar-refractivity contribution in [2.24, 2.45) is 0 Å². The van der Waals surface area contributed by atoms with Crippen LogP contribution in [0.5, 0.6) is 0 Å². The Balaban J connectivity index is 1.74. The molecular formula is C21H21F2NO2. The number of alkyl halides is 2. The van der Waals surface area contributed by atoms with Crippen LogP contribution in [0.25, 0.3) is 11.1 Å². The van der Waals surface area contributed by atoms with Gasteiger partial charge in [-0.25, -0.2) is 13.6 Å². The van der Waals surface area contributed by atoms with Crippen molar-refractivity contribution in [1.82, 2.24) is 5.32 Å². The van der Waals surface area contributed by atoms with Crippen LogP contribution in [-0.4, -0.2) is 24.7 Å². The van der Waals surface area contributed by atoms with Gasteiger partial charge in [-0.3, -0.25) is 0 Å². The molecule has 1 atom stereocenters. The first kappa shape index (κ1) is 18.1. The average Bonchev–Trinajstić information content (AvgIpc) is 2.94. The van der Waals surface area contributed by atoms with Crippen LogP contribution >= 0.6 is 0 Å². The molecule has 0 spiro atoms. The molecule has 136 valence electrons. The Morgan fingerprint density at radius 1 is 1.19 bits per heavy atom. The lowest BCUT2D eigenvalue weighted by Gasteiger charge is -2.28. The van der Waals surface area contributed by atoms with Crippen LogP contribution in [0.15, 0.2) is 61.2 Å². The predicted octanol–water partition coefficient (Wildman–Crippen LogP) is 5.13. The third-order valence-corrected chi connectivity index (χ3v) is 4.78. The lowest BCUT2D eigenvalue weighted by Crippen LogP contribution is -2.51. The number of hydrogen-bond donors (Lipinski definition) is 1. The summed E-state index contributed by atoms with van der Waals surface area (Å²) in [6.45, 7) is 4.84. The molecular weight excluding hydrogens is 336 g/mol. The quantitative estimate of drug-likeness (QED) is 0.728. The van der Waals surface area contributed by atoms with Crippen LogP contribution in [0.4, 0.5) is 13.6 Å². The van der Waals surface area contributed by atoms with Crippen molar-refractivity contribution < 1.29 is 18.3 Å². The van der Waals surface area contributed by atoms with Gasteiger partial charge in [0.15, 0.2) is 0 Å². The van der Waals surface area contributed by atoms with Gasteiger partial charge >= 0.3 is 6.09 Å². The summed E-state index contributed by atoms with van der Waals surface area (Å²) >= 11 is 0. The molecule has 1 N–H and O–H groups in total. The maximum Gasteiger partial charge on any atom is 0.407 e. The minimum Gasteiger partial charge on any atom is -0.449 e. The first-order valence-electron chi connectivity index (χ1n) is 8.48. The Labute approximate surface area is 151 Å². The van der Waals surface area contributed by atoms with Gasteiger partial charge in [0.2, 0.25) is 0 Å². The summed E-state index contributed by atoms with van der Waals surface area (Å²) in [6, 6.07) is 15.9. The molecule has 26 heavy (non-hydrogen) atoms. The number of fused-ring (bicyclic) bond motifs is 3. The largest absolute Gasteiger partial charge is 0.449 e. The maximum atomic E-state index is 13.2. The van der Waals surface area contributed by atoms with Crippen molar-refractivity contribution in [3.63, 3.8) is 0 Å². The normalized spacial score (nSPS) is 15.1. The first-order chi connectivity index (χ1) is 12.5. The van der Waals surface area contributed by atoms with Crippen molar-refractivity contribution >= 4 is 6.09 Å². The predicted molar refractivity (Wildman–Crippen MR) is 97.4 cm³/mol. The monoisotopic (exact) mass is 357 g/mol. The van der Waals surface area contributed by atoms with Gasteiger partial charge in [-0.1, -0.05) is 54.6 Å². The number of halogens is 2. The maximum absolute atomic E-state index is 13.2. The van der Waals surface area contributed by atoms with Crippen molar-refractivity contribution in [3.05, 3.63) is 72.3 Å². The summed E-state index contributed by atoms with van der Waals surface area (Å²) in [5, 5.41) is 2.28. The van der Waals surface area contributed by atoms with E-state index in [-0.39, 0.29) is 18.9 Å². The molecule has 1 unspecified atom stereocenters. The minimum atomic E-state index is -2.72. The molecule has 0 saturated heterocycles. The smallest absolute Gasteiger partial charge is 0.407 e. The van der Waals surface area contributed by atoms with E-state index in [9.17, 15) is 13.6 Å². The SMILES string of the molecule is C=CCC(C)(NC(=O)OCC1c2ccccc2-c2ccccc21)C(F)F. The number of nitrogens with one attached hydrogen (secondary N) is 1. The molecule has 0 heterocycles. The van der Waals surface area contributed by atoms with E-state index in [4.69, 9.17) is 4.74 Å². The summed E-state index contributed by atoms with van der Waals surface area (Å²) in [4.78, 5) is 12.1. The van der Waals surface area contributed by atoms with Crippen LogP contribution < -0.4 is 5.32 Å². The number of benzene rings is 2. The van der Waals surface area contributed by atoms with E-state index in [1.54, 1.807) is 0 Å². The van der Waals surface area contributed by atoms with Crippen LogP contribution in [0.3, 0.4) is 0 Å². The molecule has 2 aromatic carbocycles. The zero-order valence-corrected chi connectivity index (χ0v) is 14.5. The highest BCUT2D eigenvalue weighted by Crippen LogP contribution is 2.44. The van der Waals surface area contributed by atoms with Gasteiger partial charge in [-0.2, -0.15) is 0 Å². The second kappa shape index (κ2) is 7.28. The lowest BCUT2D eigenvalue weighted by molar-refractivity contribution is 0.0366. The van der Waals surface area contributed by atoms with Gasteiger partial charge in [0.05, 0.1) is 0 Å². The lowest BCUT2D eigenvalue weighted by atomic mass is 9.98. The van der Waals surface area contributed by atoms with Gasteiger partial charge in [0, 0.05) is 5.92 Å². The van der Waals surface area contributed by atoms with E-state index in [0.717, 1.165) is 22.3 Å². The van der Waals surface area contributed by atoms with E-state index in [1.807, 2.05) is 48.5 Å². The molecule has 5 heteroatoms. The minimum absolute atomic E-state index is 0.0468. The Morgan fingerprint density at radius 3 is 2.23 bits per heavy atom. The van der Waals surface area contributed by atoms with E-state index >= 15 is 0 Å². The van der Waals surface area contributed by atoms with Crippen molar-refractivity contribution in [2.75, 3.05) is 6.61 Å². The molecule has 0 fully saturated rings. The molecule has 3 nitrogen and oxygen atoms in total. The summed E-state index contributed by atoms with van der Waals surface area (Å²) in [5.41, 5.74) is 2.68. The standard InChI is InChI=1S/C21H21F2NO2/c1-3-12-21(2,19(22)23)24-20(25)26-13-18-16-10-6-4-8-14(16)15-9-5-7-11-17(15)18/h3-11,18-19H,1,12-13H2,2H3,(H,24,25). The van der Waals surface area contributed by atoms with Crippen LogP contribution in [0, 0.1) is 0 Å². The molecule has 2 aromatic rings. The summed E-state index contributed by atoms with van der Waals surface area (Å²) in [6.07, 6.45) is -2.26. The number of amides is 1. The molecule has 0 bridgehead atoms. The first-order valence-corrected chi connectivity index (χ1v) is 8.48. The number of alkyl carbamates (subject to hydrolysis) is 1. The van der Waals surface area contributed by atoms with Gasteiger partial charge in [-0.15, -0.1) is 6.58 Å². The third kappa shape index (κ3) is 3.34. The van der Waals surface area contributed by atoms with Crippen LogP contribution in [0.1, 0.15) is 30.4 Å². The Morgan fingerprint density at radius 2 is 1.73 bits per heavy atom. The number of carbonyl (C=O) groups excluding carboxylic acids is 1. The van der Waals surface area contributed by atoms with Crippen LogP contribution in [0.2, 0.25) is 0 Å². The number of rotatable bonds is 6. The zero-order valence-electron chi connectivity index (χ0n) is 14.5. The highest BCUT2D eigenvalue weighted by Gasteiger charge is 2.36. The third-order valence-electron chi connectivity index (χ3n) is 4.78. The molecule has 1 amide bonds. The molecule has 0 saturated carbocycles. The van der Waals surface area contributed by atoms with E-state index in [1.165, 1.54) is 13.0 Å². The van der Waals surface area contributed by atoms with Crippen molar-refractivity contribution in [1.29, 1.82) is 0 Å². The van der Waals surface area contributed by atoms with Crippen molar-refractivity contribution in [3.8, 4) is 11.1 Å². The fourth-order valence-electron chi connectivity index (χ4n) is 3.36. The number of ether oxygens (including phenoxy) is 1. The van der Waals surface area contributed by atoms with Crippen LogP contribution in [-0.2, 0) is 4.74 Å². The Hall–Kier alpha value is -2.69. The molecule has 0 aromatic heterocycles. The van der Waals surface area contributed by atoms with Gasteiger partial charge < -0.3 is 10.1 Å². The fraction of sp³-hybridized carbons (Fsp3) is 0.286. The summed E-state index contributed by atoms with van der Waals surface area (Å²) in [7, 11) is 0. The van der Waals surface area contributed by atoms with Gasteiger partial charge in [0.25, 0.3) is 6.43 Å². The topological polar surface area (TPSA) is 38.3 Å². The van der Waals surface area contributed by atoms with E-state index in [2.05, 4.69) is 11.9 Å². The van der Waals surface area contributed by atoms with Gasteiger partial charge in [-0.05, 0) is 35.6 Å². The average molecular weight is 357 g/mol. The molecule has 1 aliphatic rings. The Kier molecular flexibility index (Phi) is 5.07. The number of carbonyl (C=O) groups is 1. The second-order valence-electron chi connectivity index (χ2n) is 6.66. The highest BCUT2D eigenvalue weighted by molar-refractivity contribution is 5.79. The van der Waals surface area contributed by atoms with Crippen molar-refractivity contribution in [2.45, 2.75) is 31.2 Å². The summed E-state index contributed by atoms with van der Waals surface area (Å²) in [5.74, 6) is -0.106. The second-order valence-corrected chi connectivity index (χ2v) is 6.66. The molecule has 1 aliphatic carbocycles. The zero-order chi connectivity index (χ0) is 18.7.